The van der Waals surface area contributed by atoms with E-state index in [9.17, 15) is 14.4 Å². The lowest BCUT2D eigenvalue weighted by atomic mass is 10.1. The summed E-state index contributed by atoms with van der Waals surface area (Å²) in [5.74, 6) is -0.767. The quantitative estimate of drug-likeness (QED) is 0.873. The van der Waals surface area contributed by atoms with Crippen LogP contribution in [-0.4, -0.2) is 24.3 Å². The van der Waals surface area contributed by atoms with Gasteiger partial charge < -0.3 is 15.5 Å². The van der Waals surface area contributed by atoms with Crippen molar-refractivity contribution >= 4 is 34.8 Å². The Labute approximate surface area is 158 Å². The third kappa shape index (κ3) is 4.16. The summed E-state index contributed by atoms with van der Waals surface area (Å²) < 4.78 is 0. The summed E-state index contributed by atoms with van der Waals surface area (Å²) in [4.78, 5) is 37.8. The maximum atomic E-state index is 12.7. The van der Waals surface area contributed by atoms with E-state index >= 15 is 0 Å². The van der Waals surface area contributed by atoms with Gasteiger partial charge in [0.25, 0.3) is 0 Å². The summed E-state index contributed by atoms with van der Waals surface area (Å²) in [6, 6.07) is 12.9. The Kier molecular flexibility index (Phi) is 5.26. The Morgan fingerprint density at radius 3 is 2.22 bits per heavy atom. The fraction of sp³-hybridized carbons (Fsp3) is 0.286. The van der Waals surface area contributed by atoms with E-state index in [0.717, 1.165) is 22.5 Å². The summed E-state index contributed by atoms with van der Waals surface area (Å²) in [6.07, 6.45) is 0.185. The van der Waals surface area contributed by atoms with Crippen LogP contribution in [-0.2, 0) is 14.4 Å². The number of para-hydroxylation sites is 1. The zero-order valence-electron chi connectivity index (χ0n) is 15.7. The number of nitrogens with one attached hydrogen (secondary N) is 2. The van der Waals surface area contributed by atoms with Gasteiger partial charge in [0.2, 0.25) is 17.7 Å². The Morgan fingerprint density at radius 1 is 1.00 bits per heavy atom. The molecule has 0 aromatic heterocycles. The predicted molar refractivity (Wildman–Crippen MR) is 106 cm³/mol. The van der Waals surface area contributed by atoms with Crippen LogP contribution in [0.25, 0.3) is 0 Å². The van der Waals surface area contributed by atoms with Gasteiger partial charge in [-0.1, -0.05) is 18.2 Å². The summed E-state index contributed by atoms with van der Waals surface area (Å²) in [5, 5.41) is 5.67. The molecule has 2 aromatic carbocycles. The van der Waals surface area contributed by atoms with E-state index in [2.05, 4.69) is 10.6 Å². The van der Waals surface area contributed by atoms with Crippen molar-refractivity contribution in [1.29, 1.82) is 0 Å². The van der Waals surface area contributed by atoms with Crippen LogP contribution in [0, 0.1) is 19.8 Å². The number of nitrogens with zero attached hydrogens (tertiary/aromatic N) is 1. The molecule has 0 radical (unpaired) electrons. The number of rotatable bonds is 4. The smallest absolute Gasteiger partial charge is 0.229 e. The lowest BCUT2D eigenvalue weighted by Gasteiger charge is -2.18. The van der Waals surface area contributed by atoms with Gasteiger partial charge in [-0.25, -0.2) is 0 Å². The van der Waals surface area contributed by atoms with Crippen molar-refractivity contribution in [3.63, 3.8) is 0 Å². The molecule has 0 saturated carbocycles. The fourth-order valence-corrected chi connectivity index (χ4v) is 3.30. The number of carbonyl (C=O) groups is 3. The SMILES string of the molecule is CC(=O)Nc1ccc(N2CC(C(=O)Nc3c(C)cccc3C)CC2=O)cc1. The van der Waals surface area contributed by atoms with Gasteiger partial charge in [-0.15, -0.1) is 0 Å². The molecule has 2 N–H and O–H groups in total. The Hall–Kier alpha value is -3.15. The standard InChI is InChI=1S/C21H23N3O3/c1-13-5-4-6-14(2)20(13)23-21(27)16-11-19(26)24(12-16)18-9-7-17(8-10-18)22-15(3)25/h4-10,16H,11-12H2,1-3H3,(H,22,25)(H,23,27). The molecule has 1 atom stereocenters. The van der Waals surface area contributed by atoms with Crippen molar-refractivity contribution in [3.8, 4) is 0 Å². The molecule has 3 amide bonds. The molecule has 0 bridgehead atoms. The van der Waals surface area contributed by atoms with Crippen LogP contribution < -0.4 is 15.5 Å². The molecule has 6 nitrogen and oxygen atoms in total. The van der Waals surface area contributed by atoms with E-state index < -0.39 is 5.92 Å². The van der Waals surface area contributed by atoms with E-state index in [1.165, 1.54) is 6.92 Å². The highest BCUT2D eigenvalue weighted by atomic mass is 16.2. The summed E-state index contributed by atoms with van der Waals surface area (Å²) >= 11 is 0. The molecule has 3 rings (SSSR count). The number of aryl methyl sites for hydroxylation is 2. The normalized spacial score (nSPS) is 16.3. The Balaban J connectivity index is 1.69. The molecule has 140 valence electrons. The fourth-order valence-electron chi connectivity index (χ4n) is 3.30. The second kappa shape index (κ2) is 7.61. The molecule has 27 heavy (non-hydrogen) atoms. The average molecular weight is 365 g/mol. The highest BCUT2D eigenvalue weighted by molar-refractivity contribution is 6.04. The molecular formula is C21H23N3O3. The second-order valence-corrected chi connectivity index (χ2v) is 6.89. The molecule has 1 aliphatic heterocycles. The molecule has 1 unspecified atom stereocenters. The van der Waals surface area contributed by atoms with Crippen LogP contribution in [0.4, 0.5) is 17.1 Å². The molecule has 0 aliphatic carbocycles. The van der Waals surface area contributed by atoms with E-state index in [-0.39, 0.29) is 24.1 Å². The minimum absolute atomic E-state index is 0.0797. The molecule has 0 spiro atoms. The average Bonchev–Trinajstić information content (AvgIpc) is 3.00. The monoisotopic (exact) mass is 365 g/mol. The van der Waals surface area contributed by atoms with Crippen LogP contribution in [0.3, 0.4) is 0 Å². The molecule has 1 fully saturated rings. The zero-order valence-corrected chi connectivity index (χ0v) is 15.7. The van der Waals surface area contributed by atoms with Gasteiger partial charge in [-0.3, -0.25) is 14.4 Å². The molecule has 6 heteroatoms. The van der Waals surface area contributed by atoms with Gasteiger partial charge in [0.15, 0.2) is 0 Å². The molecule has 1 heterocycles. The number of anilines is 3. The Morgan fingerprint density at radius 2 is 1.63 bits per heavy atom. The maximum absolute atomic E-state index is 12.7. The highest BCUT2D eigenvalue weighted by Crippen LogP contribution is 2.28. The Bertz CT molecular complexity index is 870. The van der Waals surface area contributed by atoms with Crippen LogP contribution in [0.5, 0.6) is 0 Å². The first-order valence-corrected chi connectivity index (χ1v) is 8.90. The maximum Gasteiger partial charge on any atom is 0.229 e. The van der Waals surface area contributed by atoms with Crippen molar-refractivity contribution in [2.24, 2.45) is 5.92 Å². The van der Waals surface area contributed by atoms with Crippen LogP contribution in [0.2, 0.25) is 0 Å². The lowest BCUT2D eigenvalue weighted by Crippen LogP contribution is -2.28. The number of amides is 3. The van der Waals surface area contributed by atoms with Crippen molar-refractivity contribution in [3.05, 3.63) is 53.6 Å². The third-order valence-corrected chi connectivity index (χ3v) is 4.72. The van der Waals surface area contributed by atoms with Crippen molar-refractivity contribution < 1.29 is 14.4 Å². The summed E-state index contributed by atoms with van der Waals surface area (Å²) in [5.41, 5.74) is 4.20. The minimum atomic E-state index is -0.397. The zero-order chi connectivity index (χ0) is 19.6. The summed E-state index contributed by atoms with van der Waals surface area (Å²) in [6.45, 7) is 5.68. The van der Waals surface area contributed by atoms with E-state index in [0.29, 0.717) is 12.2 Å². The number of benzene rings is 2. The van der Waals surface area contributed by atoms with Crippen LogP contribution in [0.1, 0.15) is 24.5 Å². The first-order valence-electron chi connectivity index (χ1n) is 8.90. The minimum Gasteiger partial charge on any atom is -0.326 e. The van der Waals surface area contributed by atoms with E-state index in [1.54, 1.807) is 29.2 Å². The number of hydrogen-bond donors (Lipinski definition) is 2. The summed E-state index contributed by atoms with van der Waals surface area (Å²) in [7, 11) is 0. The van der Waals surface area contributed by atoms with Gasteiger partial charge >= 0.3 is 0 Å². The highest BCUT2D eigenvalue weighted by Gasteiger charge is 2.35. The first-order chi connectivity index (χ1) is 12.8. The molecular weight excluding hydrogens is 342 g/mol. The second-order valence-electron chi connectivity index (χ2n) is 6.89. The van der Waals surface area contributed by atoms with E-state index in [4.69, 9.17) is 0 Å². The molecule has 2 aromatic rings. The first kappa shape index (κ1) is 18.6. The molecule has 1 aliphatic rings. The lowest BCUT2D eigenvalue weighted by molar-refractivity contribution is -0.122. The number of hydrogen-bond acceptors (Lipinski definition) is 3. The van der Waals surface area contributed by atoms with Crippen LogP contribution >= 0.6 is 0 Å². The van der Waals surface area contributed by atoms with Gasteiger partial charge in [-0.2, -0.15) is 0 Å². The number of carbonyl (C=O) groups excluding carboxylic acids is 3. The van der Waals surface area contributed by atoms with Gasteiger partial charge in [0, 0.05) is 37.0 Å². The van der Waals surface area contributed by atoms with E-state index in [1.807, 2.05) is 32.0 Å². The van der Waals surface area contributed by atoms with Gasteiger partial charge in [-0.05, 0) is 49.2 Å². The van der Waals surface area contributed by atoms with Crippen LogP contribution in [0.15, 0.2) is 42.5 Å². The van der Waals surface area contributed by atoms with Crippen molar-refractivity contribution in [2.75, 3.05) is 22.1 Å². The van der Waals surface area contributed by atoms with Crippen molar-refractivity contribution in [1.82, 2.24) is 0 Å². The van der Waals surface area contributed by atoms with Gasteiger partial charge in [0.05, 0.1) is 5.92 Å². The largest absolute Gasteiger partial charge is 0.326 e. The van der Waals surface area contributed by atoms with Gasteiger partial charge in [0.1, 0.15) is 0 Å². The predicted octanol–water partition coefficient (Wildman–Crippen LogP) is 3.25. The molecule has 1 saturated heterocycles. The van der Waals surface area contributed by atoms with Crippen molar-refractivity contribution in [2.45, 2.75) is 27.2 Å². The topological polar surface area (TPSA) is 78.5 Å². The third-order valence-electron chi connectivity index (χ3n) is 4.72.